The van der Waals surface area contributed by atoms with Crippen molar-refractivity contribution in [1.82, 2.24) is 5.32 Å². The van der Waals surface area contributed by atoms with E-state index in [-0.39, 0.29) is 18.8 Å². The second-order valence-corrected chi connectivity index (χ2v) is 10.1. The maximum Gasteiger partial charge on any atom is 0.411 e. The third kappa shape index (κ3) is 9.98. The highest BCUT2D eigenvalue weighted by molar-refractivity contribution is 5.92. The van der Waals surface area contributed by atoms with Gasteiger partial charge in [0.15, 0.2) is 0 Å². The van der Waals surface area contributed by atoms with Crippen molar-refractivity contribution in [1.29, 1.82) is 0 Å². The van der Waals surface area contributed by atoms with Crippen LogP contribution in [0.1, 0.15) is 56.9 Å². The van der Waals surface area contributed by atoms with Crippen LogP contribution in [0.4, 0.5) is 15.3 Å². The summed E-state index contributed by atoms with van der Waals surface area (Å²) < 4.78 is 17.0. The van der Waals surface area contributed by atoms with Gasteiger partial charge in [-0.3, -0.25) is 5.32 Å². The summed E-state index contributed by atoms with van der Waals surface area (Å²) in [7, 11) is 0. The van der Waals surface area contributed by atoms with Gasteiger partial charge in [0, 0.05) is 24.1 Å². The first kappa shape index (κ1) is 29.6. The normalized spacial score (nSPS) is 16.3. The molecule has 3 aromatic rings. The molecule has 0 spiro atoms. The Balaban J connectivity index is 1.26. The lowest BCUT2D eigenvalue weighted by molar-refractivity contribution is -0.107. The molecule has 1 fully saturated rings. The summed E-state index contributed by atoms with van der Waals surface area (Å²) in [4.78, 5) is 35.6. The standard InChI is InChI=1S/C33H38N2O6/c36-21-9-1-2-10-22-39-29-19-20-30(26-13-7-4-8-14-26)31(23-29)35-33(38)41-28-17-15-27(16-18-28)34-32(37)40-24-25-11-5-3-6-12-25/h3-8,11-14,19-21,23,27-28H,1-2,9-10,15-18,22,24H2,(H,34,37)(H,35,38). The lowest BCUT2D eigenvalue weighted by Crippen LogP contribution is -2.40. The van der Waals surface area contributed by atoms with Crippen LogP contribution in [0, 0.1) is 0 Å². The van der Waals surface area contributed by atoms with Crippen LogP contribution in [0.15, 0.2) is 78.9 Å². The van der Waals surface area contributed by atoms with Gasteiger partial charge in [-0.1, -0.05) is 60.7 Å². The van der Waals surface area contributed by atoms with Crippen LogP contribution in [-0.4, -0.2) is 37.2 Å². The van der Waals surface area contributed by atoms with Crippen LogP contribution in [0.25, 0.3) is 11.1 Å². The Morgan fingerprint density at radius 3 is 2.29 bits per heavy atom. The number of hydrogen-bond donors (Lipinski definition) is 2. The Hall–Kier alpha value is -4.33. The number of benzene rings is 3. The highest BCUT2D eigenvalue weighted by Crippen LogP contribution is 2.32. The number of hydrogen-bond acceptors (Lipinski definition) is 6. The molecule has 1 saturated carbocycles. The zero-order chi connectivity index (χ0) is 28.7. The number of nitrogens with one attached hydrogen (secondary N) is 2. The molecule has 0 unspecified atom stereocenters. The molecule has 0 bridgehead atoms. The average Bonchev–Trinajstić information content (AvgIpc) is 3.00. The Labute approximate surface area is 241 Å². The first-order chi connectivity index (χ1) is 20.1. The molecule has 8 nitrogen and oxygen atoms in total. The zero-order valence-electron chi connectivity index (χ0n) is 23.3. The molecule has 1 aliphatic carbocycles. The Kier molecular flexibility index (Phi) is 11.6. The zero-order valence-corrected chi connectivity index (χ0v) is 23.3. The molecule has 2 N–H and O–H groups in total. The van der Waals surface area contributed by atoms with Crippen molar-refractivity contribution in [2.24, 2.45) is 0 Å². The number of aldehydes is 1. The molecule has 1 aliphatic rings. The van der Waals surface area contributed by atoms with E-state index in [1.807, 2.05) is 78.9 Å². The fourth-order valence-electron chi connectivity index (χ4n) is 4.83. The van der Waals surface area contributed by atoms with Crippen LogP contribution in [0.3, 0.4) is 0 Å². The fraction of sp³-hybridized carbons (Fsp3) is 0.364. The molecule has 8 heteroatoms. The van der Waals surface area contributed by atoms with Crippen molar-refractivity contribution in [3.8, 4) is 16.9 Å². The van der Waals surface area contributed by atoms with E-state index in [2.05, 4.69) is 10.6 Å². The number of unbranched alkanes of at least 4 members (excludes halogenated alkanes) is 3. The van der Waals surface area contributed by atoms with Gasteiger partial charge in [0.05, 0.1) is 12.3 Å². The summed E-state index contributed by atoms with van der Waals surface area (Å²) in [5.74, 6) is 0.654. The summed E-state index contributed by atoms with van der Waals surface area (Å²) in [5.41, 5.74) is 3.37. The first-order valence-corrected chi connectivity index (χ1v) is 14.3. The third-order valence-electron chi connectivity index (χ3n) is 7.03. The van der Waals surface area contributed by atoms with Crippen molar-refractivity contribution in [2.45, 2.75) is 70.1 Å². The topological polar surface area (TPSA) is 103 Å². The van der Waals surface area contributed by atoms with Gasteiger partial charge >= 0.3 is 12.2 Å². The maximum atomic E-state index is 12.9. The lowest BCUT2D eigenvalue weighted by atomic mass is 9.93. The van der Waals surface area contributed by atoms with E-state index in [1.165, 1.54) is 0 Å². The third-order valence-corrected chi connectivity index (χ3v) is 7.03. The number of alkyl carbamates (subject to hydrolysis) is 1. The van der Waals surface area contributed by atoms with Crippen LogP contribution < -0.4 is 15.4 Å². The molecule has 216 valence electrons. The van der Waals surface area contributed by atoms with E-state index in [9.17, 15) is 14.4 Å². The van der Waals surface area contributed by atoms with Gasteiger partial charge in [-0.2, -0.15) is 0 Å². The second-order valence-electron chi connectivity index (χ2n) is 10.1. The number of rotatable bonds is 13. The predicted molar refractivity (Wildman–Crippen MR) is 158 cm³/mol. The number of anilines is 1. The molecular weight excluding hydrogens is 520 g/mol. The van der Waals surface area contributed by atoms with Crippen molar-refractivity contribution < 1.29 is 28.6 Å². The van der Waals surface area contributed by atoms with Gasteiger partial charge in [0.25, 0.3) is 0 Å². The maximum absolute atomic E-state index is 12.9. The molecular formula is C33H38N2O6. The van der Waals surface area contributed by atoms with Crippen molar-refractivity contribution in [3.05, 3.63) is 84.4 Å². The molecule has 0 aliphatic heterocycles. The van der Waals surface area contributed by atoms with E-state index in [0.717, 1.165) is 42.2 Å². The van der Waals surface area contributed by atoms with Crippen molar-refractivity contribution in [2.75, 3.05) is 11.9 Å². The van der Waals surface area contributed by atoms with E-state index in [1.54, 1.807) is 0 Å². The van der Waals surface area contributed by atoms with Gasteiger partial charge in [-0.15, -0.1) is 0 Å². The number of ether oxygens (including phenoxy) is 3. The van der Waals surface area contributed by atoms with Gasteiger partial charge in [-0.25, -0.2) is 9.59 Å². The van der Waals surface area contributed by atoms with Crippen LogP contribution in [-0.2, 0) is 20.9 Å². The Morgan fingerprint density at radius 2 is 1.56 bits per heavy atom. The highest BCUT2D eigenvalue weighted by atomic mass is 16.6. The summed E-state index contributed by atoms with van der Waals surface area (Å²) in [6.45, 7) is 0.758. The highest BCUT2D eigenvalue weighted by Gasteiger charge is 2.26. The van der Waals surface area contributed by atoms with Gasteiger partial charge in [0.2, 0.25) is 0 Å². The number of carbonyl (C=O) groups is 3. The van der Waals surface area contributed by atoms with Crippen molar-refractivity contribution >= 4 is 24.2 Å². The summed E-state index contributed by atoms with van der Waals surface area (Å²) in [5, 5.41) is 5.84. The largest absolute Gasteiger partial charge is 0.494 e. The Morgan fingerprint density at radius 1 is 0.829 bits per heavy atom. The second kappa shape index (κ2) is 16.1. The SMILES string of the molecule is O=CCCCCCOc1ccc(-c2ccccc2)c(NC(=O)OC2CCC(NC(=O)OCc3ccccc3)CC2)c1. The minimum absolute atomic E-state index is 0.0156. The summed E-state index contributed by atoms with van der Waals surface area (Å²) in [6, 6.07) is 25.0. The first-order valence-electron chi connectivity index (χ1n) is 14.3. The average molecular weight is 559 g/mol. The van der Waals surface area contributed by atoms with Crippen molar-refractivity contribution in [3.63, 3.8) is 0 Å². The van der Waals surface area contributed by atoms with E-state index < -0.39 is 12.2 Å². The molecule has 0 heterocycles. The molecule has 2 amide bonds. The number of amides is 2. The summed E-state index contributed by atoms with van der Waals surface area (Å²) >= 11 is 0. The van der Waals surface area contributed by atoms with Gasteiger partial charge < -0.3 is 24.3 Å². The van der Waals surface area contributed by atoms with Gasteiger partial charge in [-0.05, 0) is 68.2 Å². The van der Waals surface area contributed by atoms with E-state index in [0.29, 0.717) is 50.1 Å². The van der Waals surface area contributed by atoms with E-state index in [4.69, 9.17) is 14.2 Å². The quantitative estimate of drug-likeness (QED) is 0.169. The molecule has 3 aromatic carbocycles. The van der Waals surface area contributed by atoms with Crippen LogP contribution in [0.2, 0.25) is 0 Å². The van der Waals surface area contributed by atoms with Crippen LogP contribution >= 0.6 is 0 Å². The summed E-state index contributed by atoms with van der Waals surface area (Å²) in [6.07, 6.45) is 5.63. The van der Waals surface area contributed by atoms with Gasteiger partial charge in [0.1, 0.15) is 24.7 Å². The predicted octanol–water partition coefficient (Wildman–Crippen LogP) is 7.28. The monoisotopic (exact) mass is 558 g/mol. The molecule has 0 saturated heterocycles. The molecule has 0 aromatic heterocycles. The molecule has 0 radical (unpaired) electrons. The fourth-order valence-corrected chi connectivity index (χ4v) is 4.83. The molecule has 41 heavy (non-hydrogen) atoms. The Bertz CT molecular complexity index is 1240. The minimum atomic E-state index is -0.521. The smallest absolute Gasteiger partial charge is 0.411 e. The lowest BCUT2D eigenvalue weighted by Gasteiger charge is -2.28. The molecule has 4 rings (SSSR count). The van der Waals surface area contributed by atoms with Crippen LogP contribution in [0.5, 0.6) is 5.75 Å². The van der Waals surface area contributed by atoms with E-state index >= 15 is 0 Å². The minimum Gasteiger partial charge on any atom is -0.494 e. The number of carbonyl (C=O) groups excluding carboxylic acids is 3. The molecule has 0 atom stereocenters.